The third-order valence-corrected chi connectivity index (χ3v) is 3.53. The molecule has 0 radical (unpaired) electrons. The van der Waals surface area contributed by atoms with E-state index in [0.29, 0.717) is 31.4 Å². The van der Waals surface area contributed by atoms with Gasteiger partial charge in [0.25, 0.3) is 0 Å². The lowest BCUT2D eigenvalue weighted by molar-refractivity contribution is -0.133. The first-order valence-corrected chi connectivity index (χ1v) is 6.65. The first-order valence-electron chi connectivity index (χ1n) is 6.65. The molecule has 5 heteroatoms. The maximum Gasteiger partial charge on any atom is 0.240 e. The van der Waals surface area contributed by atoms with E-state index in [-0.39, 0.29) is 5.92 Å². The molecule has 1 aliphatic rings. The Morgan fingerprint density at radius 1 is 1.33 bits per heavy atom. The summed E-state index contributed by atoms with van der Waals surface area (Å²) in [5, 5.41) is 14.1. The van der Waals surface area contributed by atoms with Crippen molar-refractivity contribution in [3.05, 3.63) is 11.7 Å². The molecule has 2 rings (SSSR count). The molecule has 0 aliphatic carbocycles. The largest absolute Gasteiger partial charge is 0.387 e. The summed E-state index contributed by atoms with van der Waals surface area (Å²) < 4.78 is 5.22. The minimum absolute atomic E-state index is 0.285. The van der Waals surface area contributed by atoms with Gasteiger partial charge in [-0.15, -0.1) is 0 Å². The molecule has 18 heavy (non-hydrogen) atoms. The average Bonchev–Trinajstić information content (AvgIpc) is 2.61. The standard InChI is InChI=1S/C13H23N3O2/c1-9(2)5-11-14-12(18-15-11)6-16-7-13(17,8-16)10(3)4/h9-10,17H,5-8H2,1-4H3. The SMILES string of the molecule is CC(C)Cc1noc(CN2CC(O)(C(C)C)C2)n1. The maximum absolute atomic E-state index is 10.2. The summed E-state index contributed by atoms with van der Waals surface area (Å²) >= 11 is 0. The summed E-state index contributed by atoms with van der Waals surface area (Å²) in [6.45, 7) is 10.4. The fourth-order valence-electron chi connectivity index (χ4n) is 2.20. The van der Waals surface area contributed by atoms with Crippen LogP contribution >= 0.6 is 0 Å². The van der Waals surface area contributed by atoms with E-state index in [2.05, 4.69) is 28.9 Å². The highest BCUT2D eigenvalue weighted by Crippen LogP contribution is 2.29. The zero-order valence-electron chi connectivity index (χ0n) is 11.7. The van der Waals surface area contributed by atoms with E-state index in [9.17, 15) is 5.11 Å². The molecule has 0 unspecified atom stereocenters. The molecular weight excluding hydrogens is 230 g/mol. The fourth-order valence-corrected chi connectivity index (χ4v) is 2.20. The van der Waals surface area contributed by atoms with Gasteiger partial charge in [0.05, 0.1) is 12.1 Å². The predicted octanol–water partition coefficient (Wildman–Crippen LogP) is 1.47. The van der Waals surface area contributed by atoms with Crippen LogP contribution in [-0.4, -0.2) is 38.8 Å². The van der Waals surface area contributed by atoms with E-state index >= 15 is 0 Å². The van der Waals surface area contributed by atoms with Gasteiger partial charge < -0.3 is 9.63 Å². The average molecular weight is 253 g/mol. The molecule has 0 spiro atoms. The Bertz CT molecular complexity index is 395. The van der Waals surface area contributed by atoms with Crippen LogP contribution in [-0.2, 0) is 13.0 Å². The maximum atomic E-state index is 10.2. The Kier molecular flexibility index (Phi) is 3.73. The fraction of sp³-hybridized carbons (Fsp3) is 0.846. The molecule has 2 heterocycles. The predicted molar refractivity (Wildman–Crippen MR) is 67.9 cm³/mol. The Morgan fingerprint density at radius 3 is 2.56 bits per heavy atom. The number of hydrogen-bond donors (Lipinski definition) is 1. The molecule has 1 aromatic rings. The number of nitrogens with zero attached hydrogens (tertiary/aromatic N) is 3. The van der Waals surface area contributed by atoms with Crippen molar-refractivity contribution < 1.29 is 9.63 Å². The van der Waals surface area contributed by atoms with Crippen LogP contribution in [0.2, 0.25) is 0 Å². The van der Waals surface area contributed by atoms with Gasteiger partial charge in [-0.2, -0.15) is 4.98 Å². The molecule has 1 aliphatic heterocycles. The van der Waals surface area contributed by atoms with Crippen molar-refractivity contribution in [3.63, 3.8) is 0 Å². The first kappa shape index (κ1) is 13.5. The van der Waals surface area contributed by atoms with Gasteiger partial charge in [0.15, 0.2) is 5.82 Å². The lowest BCUT2D eigenvalue weighted by atomic mass is 9.83. The molecule has 1 N–H and O–H groups in total. The topological polar surface area (TPSA) is 62.4 Å². The Balaban J connectivity index is 1.83. The van der Waals surface area contributed by atoms with Gasteiger partial charge in [-0.1, -0.05) is 32.9 Å². The van der Waals surface area contributed by atoms with Crippen molar-refractivity contribution in [3.8, 4) is 0 Å². The van der Waals surface area contributed by atoms with Gasteiger partial charge in [0.1, 0.15) is 0 Å². The van der Waals surface area contributed by atoms with Crippen molar-refractivity contribution in [2.75, 3.05) is 13.1 Å². The number of aliphatic hydroxyl groups is 1. The van der Waals surface area contributed by atoms with Crippen LogP contribution in [0.15, 0.2) is 4.52 Å². The van der Waals surface area contributed by atoms with E-state index in [4.69, 9.17) is 4.52 Å². The van der Waals surface area contributed by atoms with E-state index in [0.717, 1.165) is 12.2 Å². The zero-order valence-corrected chi connectivity index (χ0v) is 11.7. The summed E-state index contributed by atoms with van der Waals surface area (Å²) in [6, 6.07) is 0. The molecule has 0 aromatic carbocycles. The van der Waals surface area contributed by atoms with Crippen LogP contribution in [0.25, 0.3) is 0 Å². The van der Waals surface area contributed by atoms with Gasteiger partial charge in [-0.3, -0.25) is 4.90 Å². The van der Waals surface area contributed by atoms with Crippen LogP contribution in [0.4, 0.5) is 0 Å². The lowest BCUT2D eigenvalue weighted by Gasteiger charge is -2.48. The minimum atomic E-state index is -0.541. The smallest absolute Gasteiger partial charge is 0.240 e. The molecule has 5 nitrogen and oxygen atoms in total. The van der Waals surface area contributed by atoms with Crippen LogP contribution in [0, 0.1) is 11.8 Å². The van der Waals surface area contributed by atoms with Crippen LogP contribution in [0.3, 0.4) is 0 Å². The van der Waals surface area contributed by atoms with Crippen LogP contribution in [0.5, 0.6) is 0 Å². The highest BCUT2D eigenvalue weighted by atomic mass is 16.5. The van der Waals surface area contributed by atoms with E-state index in [1.807, 2.05) is 13.8 Å². The highest BCUT2D eigenvalue weighted by molar-refractivity contribution is 4.99. The van der Waals surface area contributed by atoms with Crippen molar-refractivity contribution >= 4 is 0 Å². The number of hydrogen-bond acceptors (Lipinski definition) is 5. The molecule has 0 bridgehead atoms. The van der Waals surface area contributed by atoms with Gasteiger partial charge in [-0.25, -0.2) is 0 Å². The molecular formula is C13H23N3O2. The zero-order chi connectivity index (χ0) is 13.3. The first-order chi connectivity index (χ1) is 8.39. The number of β-amino-alcohol motifs (C(OH)–C–C–N with tert-alkyl or cyclic N) is 1. The quantitative estimate of drug-likeness (QED) is 0.861. The summed E-state index contributed by atoms with van der Waals surface area (Å²) in [5.41, 5.74) is -0.541. The summed E-state index contributed by atoms with van der Waals surface area (Å²) in [5.74, 6) is 2.24. The number of aromatic nitrogens is 2. The lowest BCUT2D eigenvalue weighted by Crippen LogP contribution is -2.63. The molecule has 0 atom stereocenters. The van der Waals surface area contributed by atoms with Gasteiger partial charge >= 0.3 is 0 Å². The molecule has 0 saturated carbocycles. The third-order valence-electron chi connectivity index (χ3n) is 3.53. The summed E-state index contributed by atoms with van der Waals surface area (Å²) in [7, 11) is 0. The summed E-state index contributed by atoms with van der Waals surface area (Å²) in [6.07, 6.45) is 0.847. The van der Waals surface area contributed by atoms with Gasteiger partial charge in [0.2, 0.25) is 5.89 Å². The Hall–Kier alpha value is -0.940. The van der Waals surface area contributed by atoms with Crippen molar-refractivity contribution in [1.29, 1.82) is 0 Å². The molecule has 1 aromatic heterocycles. The normalized spacial score (nSPS) is 19.5. The van der Waals surface area contributed by atoms with Gasteiger partial charge in [-0.05, 0) is 11.8 Å². The van der Waals surface area contributed by atoms with Crippen LogP contribution in [0.1, 0.15) is 39.4 Å². The van der Waals surface area contributed by atoms with E-state index < -0.39 is 5.60 Å². The molecule has 0 amide bonds. The second kappa shape index (κ2) is 4.97. The van der Waals surface area contributed by atoms with Crippen molar-refractivity contribution in [1.82, 2.24) is 15.0 Å². The van der Waals surface area contributed by atoms with Gasteiger partial charge in [0, 0.05) is 19.5 Å². The number of rotatable bonds is 5. The Morgan fingerprint density at radius 2 is 2.00 bits per heavy atom. The van der Waals surface area contributed by atoms with Crippen molar-refractivity contribution in [2.45, 2.75) is 46.3 Å². The van der Waals surface area contributed by atoms with Crippen LogP contribution < -0.4 is 0 Å². The van der Waals surface area contributed by atoms with E-state index in [1.165, 1.54) is 0 Å². The second-order valence-corrected chi connectivity index (χ2v) is 6.11. The Labute approximate surface area is 108 Å². The van der Waals surface area contributed by atoms with E-state index in [1.54, 1.807) is 0 Å². The summed E-state index contributed by atoms with van der Waals surface area (Å²) in [4.78, 5) is 6.50. The molecule has 1 saturated heterocycles. The molecule has 102 valence electrons. The highest BCUT2D eigenvalue weighted by Gasteiger charge is 2.43. The minimum Gasteiger partial charge on any atom is -0.387 e. The third kappa shape index (κ3) is 2.90. The second-order valence-electron chi connectivity index (χ2n) is 6.11. The number of likely N-dealkylation sites (tertiary alicyclic amines) is 1. The van der Waals surface area contributed by atoms with Crippen molar-refractivity contribution in [2.24, 2.45) is 11.8 Å². The molecule has 1 fully saturated rings. The monoisotopic (exact) mass is 253 g/mol.